The zero-order valence-electron chi connectivity index (χ0n) is 12.5. The summed E-state index contributed by atoms with van der Waals surface area (Å²) in [4.78, 5) is 0. The van der Waals surface area contributed by atoms with Crippen LogP contribution < -0.4 is 18.9 Å². The summed E-state index contributed by atoms with van der Waals surface area (Å²) in [5.74, 6) is 0. The second-order valence-electron chi connectivity index (χ2n) is 4.98. The smallest absolute Gasteiger partial charge is 0.368 e. The first kappa shape index (κ1) is 16.6. The molecule has 0 aliphatic carbocycles. The van der Waals surface area contributed by atoms with Gasteiger partial charge in [0.2, 0.25) is 0 Å². The Hall–Kier alpha value is -0.783. The Morgan fingerprint density at radius 2 is 1.43 bits per heavy atom. The topological polar surface area (TPSA) is 9.23 Å². The number of hydrogen-bond donors (Lipinski definition) is 0. The molecular formula is C18H19LiOS. The first-order valence-corrected chi connectivity index (χ1v) is 8.07. The van der Waals surface area contributed by atoms with Crippen molar-refractivity contribution in [2.75, 3.05) is 6.61 Å². The summed E-state index contributed by atoms with van der Waals surface area (Å²) >= 11 is 1.87. The quantitative estimate of drug-likeness (QED) is 0.628. The molecule has 1 aliphatic rings. The van der Waals surface area contributed by atoms with Gasteiger partial charge in [-0.25, -0.2) is 0 Å². The largest absolute Gasteiger partial charge is 1.00 e. The predicted molar refractivity (Wildman–Crippen MR) is 85.5 cm³/mol. The Bertz CT molecular complexity index is 472. The molecule has 104 valence electrons. The molecule has 21 heavy (non-hydrogen) atoms. The van der Waals surface area contributed by atoms with Crippen molar-refractivity contribution in [3.63, 3.8) is 0 Å². The fraction of sp³-hybridized carbons (Fsp3) is 0.278. The summed E-state index contributed by atoms with van der Waals surface area (Å²) in [6.45, 7) is 0.897. The second-order valence-corrected chi connectivity index (χ2v) is 6.14. The van der Waals surface area contributed by atoms with Crippen molar-refractivity contribution < 1.29 is 23.6 Å². The minimum absolute atomic E-state index is 0. The molecule has 1 aliphatic heterocycles. The van der Waals surface area contributed by atoms with E-state index in [-0.39, 0.29) is 18.9 Å². The van der Waals surface area contributed by atoms with E-state index in [9.17, 15) is 0 Å². The molecule has 2 aromatic rings. The Morgan fingerprint density at radius 3 is 1.90 bits per heavy atom. The SMILES string of the molecule is [Li+].c1ccc([C-](SC2CCCCO2)c2ccccc2)cc1. The monoisotopic (exact) mass is 290 g/mol. The summed E-state index contributed by atoms with van der Waals surface area (Å²) in [6.07, 6.45) is 3.62. The van der Waals surface area contributed by atoms with Gasteiger partial charge in [-0.1, -0.05) is 41.6 Å². The van der Waals surface area contributed by atoms with Gasteiger partial charge in [-0.05, 0) is 19.3 Å². The van der Waals surface area contributed by atoms with E-state index in [0.717, 1.165) is 13.0 Å². The van der Waals surface area contributed by atoms with Crippen LogP contribution in [0.3, 0.4) is 0 Å². The molecule has 1 nitrogen and oxygen atoms in total. The van der Waals surface area contributed by atoms with Crippen LogP contribution in [-0.2, 0) is 4.74 Å². The van der Waals surface area contributed by atoms with Crippen molar-refractivity contribution in [1.29, 1.82) is 0 Å². The van der Waals surface area contributed by atoms with E-state index >= 15 is 0 Å². The van der Waals surface area contributed by atoms with Crippen LogP contribution in [0.2, 0.25) is 0 Å². The van der Waals surface area contributed by atoms with Gasteiger partial charge in [-0.3, -0.25) is 0 Å². The number of ether oxygens (including phenoxy) is 1. The molecule has 2 aromatic carbocycles. The molecule has 1 heterocycles. The van der Waals surface area contributed by atoms with E-state index in [1.165, 1.54) is 29.2 Å². The zero-order valence-corrected chi connectivity index (χ0v) is 13.3. The third-order valence-electron chi connectivity index (χ3n) is 3.46. The van der Waals surface area contributed by atoms with Crippen molar-refractivity contribution in [2.45, 2.75) is 24.7 Å². The number of thioether (sulfide) groups is 1. The molecular weight excluding hydrogens is 271 g/mol. The van der Waals surface area contributed by atoms with Gasteiger partial charge >= 0.3 is 18.9 Å². The van der Waals surface area contributed by atoms with Crippen LogP contribution in [0.25, 0.3) is 0 Å². The van der Waals surface area contributed by atoms with Gasteiger partial charge in [0.15, 0.2) is 0 Å². The van der Waals surface area contributed by atoms with E-state index < -0.39 is 0 Å². The van der Waals surface area contributed by atoms with Crippen LogP contribution >= 0.6 is 11.8 Å². The van der Waals surface area contributed by atoms with E-state index in [2.05, 4.69) is 60.7 Å². The molecule has 1 atom stereocenters. The molecule has 0 amide bonds. The van der Waals surface area contributed by atoms with Gasteiger partial charge in [0.05, 0.1) is 0 Å². The van der Waals surface area contributed by atoms with Crippen LogP contribution in [-0.4, -0.2) is 12.0 Å². The third kappa shape index (κ3) is 4.59. The Balaban J connectivity index is 0.00000161. The maximum absolute atomic E-state index is 5.89. The maximum Gasteiger partial charge on any atom is 1.00 e. The summed E-state index contributed by atoms with van der Waals surface area (Å²) < 4.78 is 5.89. The molecule has 1 saturated heterocycles. The number of benzene rings is 2. The fourth-order valence-corrected chi connectivity index (χ4v) is 3.67. The molecule has 1 unspecified atom stereocenters. The van der Waals surface area contributed by atoms with Gasteiger partial charge < -0.3 is 4.74 Å². The van der Waals surface area contributed by atoms with Crippen molar-refractivity contribution >= 4 is 11.8 Å². The normalized spacial score (nSPS) is 17.8. The summed E-state index contributed by atoms with van der Waals surface area (Å²) in [7, 11) is 0. The molecule has 0 radical (unpaired) electrons. The van der Waals surface area contributed by atoms with E-state index in [1.807, 2.05) is 11.8 Å². The number of hydrogen-bond acceptors (Lipinski definition) is 2. The van der Waals surface area contributed by atoms with E-state index in [0.29, 0.717) is 5.44 Å². The Morgan fingerprint density at radius 1 is 0.857 bits per heavy atom. The van der Waals surface area contributed by atoms with Gasteiger partial charge in [0.25, 0.3) is 0 Å². The predicted octanol–water partition coefficient (Wildman–Crippen LogP) is 1.88. The molecule has 3 heteroatoms. The van der Waals surface area contributed by atoms with Gasteiger partial charge in [0.1, 0.15) is 5.44 Å². The number of rotatable bonds is 4. The van der Waals surface area contributed by atoms with Crippen LogP contribution in [0.1, 0.15) is 30.4 Å². The average Bonchev–Trinajstić information content (AvgIpc) is 2.55. The van der Waals surface area contributed by atoms with Crippen LogP contribution in [0.5, 0.6) is 0 Å². The molecule has 3 rings (SSSR count). The minimum Gasteiger partial charge on any atom is -0.368 e. The van der Waals surface area contributed by atoms with Crippen LogP contribution in [0.15, 0.2) is 60.7 Å². The fourth-order valence-electron chi connectivity index (χ4n) is 2.42. The summed E-state index contributed by atoms with van der Waals surface area (Å²) in [5, 5.41) is 1.32. The first-order chi connectivity index (χ1) is 9.93. The summed E-state index contributed by atoms with van der Waals surface area (Å²) in [6, 6.07) is 21.2. The third-order valence-corrected chi connectivity index (χ3v) is 4.80. The molecule has 0 aromatic heterocycles. The second kappa shape index (κ2) is 8.61. The maximum atomic E-state index is 5.89. The van der Waals surface area contributed by atoms with Crippen molar-refractivity contribution in [3.05, 3.63) is 77.0 Å². The minimum atomic E-state index is 0. The Kier molecular flexibility index (Phi) is 6.80. The van der Waals surface area contributed by atoms with Crippen LogP contribution in [0.4, 0.5) is 0 Å². The molecule has 0 spiro atoms. The first-order valence-electron chi connectivity index (χ1n) is 7.19. The van der Waals surface area contributed by atoms with Crippen LogP contribution in [0, 0.1) is 5.25 Å². The molecule has 0 bridgehead atoms. The average molecular weight is 290 g/mol. The zero-order chi connectivity index (χ0) is 13.6. The van der Waals surface area contributed by atoms with E-state index in [1.54, 1.807) is 0 Å². The van der Waals surface area contributed by atoms with Crippen molar-refractivity contribution in [3.8, 4) is 0 Å². The van der Waals surface area contributed by atoms with Gasteiger partial charge in [-0.2, -0.15) is 0 Å². The molecule has 0 N–H and O–H groups in total. The van der Waals surface area contributed by atoms with Gasteiger partial charge in [0, 0.05) is 6.61 Å². The van der Waals surface area contributed by atoms with Crippen molar-refractivity contribution in [2.24, 2.45) is 0 Å². The standard InChI is InChI=1S/C18H19OS.Li/c1-3-9-15(10-4-1)18(16-11-5-2-6-12-16)20-17-13-7-8-14-19-17;/h1-6,9-12,17H,7-8,13-14H2;/q-1;+1. The van der Waals surface area contributed by atoms with E-state index in [4.69, 9.17) is 4.74 Å². The Labute approximate surface area is 143 Å². The molecule has 1 fully saturated rings. The van der Waals surface area contributed by atoms with Crippen molar-refractivity contribution in [1.82, 2.24) is 0 Å². The summed E-state index contributed by atoms with van der Waals surface area (Å²) in [5.41, 5.74) is 2.84. The molecule has 0 saturated carbocycles. The van der Waals surface area contributed by atoms with Gasteiger partial charge in [-0.15, -0.1) is 47.2 Å².